The van der Waals surface area contributed by atoms with E-state index in [0.29, 0.717) is 22.3 Å². The molecule has 1 atom stereocenters. The second-order valence-corrected chi connectivity index (χ2v) is 8.30. The van der Waals surface area contributed by atoms with Crippen LogP contribution in [-0.2, 0) is 16.6 Å². The highest BCUT2D eigenvalue weighted by Crippen LogP contribution is 2.51. The summed E-state index contributed by atoms with van der Waals surface area (Å²) < 4.78 is 16.8. The number of carbonyl (C=O) groups excluding carboxylic acids is 1. The number of carbonyl (C=O) groups is 1. The number of aromatic nitrogens is 2. The minimum absolute atomic E-state index is 0.120. The van der Waals surface area contributed by atoms with Gasteiger partial charge in [-0.05, 0) is 67.8 Å². The molecule has 31 heavy (non-hydrogen) atoms. The molecule has 1 aliphatic heterocycles. The Balaban J connectivity index is 1.30. The fraction of sp³-hybridized carbons (Fsp3) is 0.292. The third-order valence-corrected chi connectivity index (χ3v) is 6.05. The first-order valence-corrected chi connectivity index (χ1v) is 10.6. The molecule has 2 heterocycles. The molecule has 6 nitrogen and oxygen atoms in total. The highest BCUT2D eigenvalue weighted by Gasteiger charge is 2.51. The van der Waals surface area contributed by atoms with E-state index in [0.717, 1.165) is 29.8 Å². The van der Waals surface area contributed by atoms with Crippen LogP contribution in [0.5, 0.6) is 17.2 Å². The molecule has 2 aromatic carbocycles. The number of rotatable bonds is 7. The number of fused-ring (bicyclic) bond motifs is 1. The molecule has 1 fully saturated rings. The number of ether oxygens (including phenoxy) is 3. The molecule has 7 heteroatoms. The average molecular weight is 437 g/mol. The number of halogens is 1. The summed E-state index contributed by atoms with van der Waals surface area (Å²) in [5.74, 6) is 2.74. The zero-order valence-corrected chi connectivity index (χ0v) is 17.8. The van der Waals surface area contributed by atoms with E-state index in [1.807, 2.05) is 37.3 Å². The Hall–Kier alpha value is -3.12. The second-order valence-electron chi connectivity index (χ2n) is 7.86. The van der Waals surface area contributed by atoms with Gasteiger partial charge in [-0.25, -0.2) is 9.97 Å². The average Bonchev–Trinajstić information content (AvgIpc) is 3.46. The number of hydrogen-bond donors (Lipinski definition) is 0. The van der Waals surface area contributed by atoms with Gasteiger partial charge in [0.25, 0.3) is 0 Å². The van der Waals surface area contributed by atoms with Crippen molar-refractivity contribution in [3.63, 3.8) is 0 Å². The molecule has 0 saturated heterocycles. The van der Waals surface area contributed by atoms with E-state index in [9.17, 15) is 4.79 Å². The predicted octanol–water partition coefficient (Wildman–Crippen LogP) is 4.84. The lowest BCUT2D eigenvalue weighted by Crippen LogP contribution is -2.23. The van der Waals surface area contributed by atoms with Crippen LogP contribution in [0.2, 0.25) is 5.02 Å². The van der Waals surface area contributed by atoms with Gasteiger partial charge in [0.05, 0.1) is 17.5 Å². The Morgan fingerprint density at radius 2 is 1.90 bits per heavy atom. The Kier molecular flexibility index (Phi) is 5.02. The lowest BCUT2D eigenvalue weighted by atomic mass is 9.89. The smallest absolute Gasteiger partial charge is 0.231 e. The summed E-state index contributed by atoms with van der Waals surface area (Å²) in [6.07, 6.45) is 3.20. The van der Waals surface area contributed by atoms with Gasteiger partial charge >= 0.3 is 0 Å². The molecule has 2 aliphatic rings. The molecule has 3 aromatic rings. The fourth-order valence-electron chi connectivity index (χ4n) is 3.86. The number of nitrogens with zero attached hydrogens (tertiary/aromatic N) is 2. The first-order valence-electron chi connectivity index (χ1n) is 10.2. The molecule has 5 rings (SSSR count). The topological polar surface area (TPSA) is 70.5 Å². The van der Waals surface area contributed by atoms with Crippen LogP contribution in [0.1, 0.15) is 43.0 Å². The Bertz CT molecular complexity index is 1130. The summed E-state index contributed by atoms with van der Waals surface area (Å²) in [6.45, 7) is 2.13. The highest BCUT2D eigenvalue weighted by atomic mass is 35.5. The Labute approximate surface area is 185 Å². The van der Waals surface area contributed by atoms with Crippen molar-refractivity contribution in [2.45, 2.75) is 37.7 Å². The van der Waals surface area contributed by atoms with Crippen LogP contribution in [0, 0.1) is 0 Å². The SMILES string of the molecule is CC(Oc1ccc(Cl)cc1)c1ccnc(CC(=O)C2(c3ccc4c(c3)OCO4)CC2)n1. The molecule has 0 radical (unpaired) electrons. The molecule has 1 saturated carbocycles. The van der Waals surface area contributed by atoms with Crippen molar-refractivity contribution in [1.82, 2.24) is 9.97 Å². The third-order valence-electron chi connectivity index (χ3n) is 5.80. The van der Waals surface area contributed by atoms with Crippen molar-refractivity contribution in [2.75, 3.05) is 6.79 Å². The molecule has 1 unspecified atom stereocenters. The number of Topliss-reactive ketones (excluding diaryl/α,β-unsaturated/α-hetero) is 1. The Morgan fingerprint density at radius 1 is 1.13 bits per heavy atom. The molecular weight excluding hydrogens is 416 g/mol. The van der Waals surface area contributed by atoms with E-state index >= 15 is 0 Å². The minimum atomic E-state index is -0.480. The van der Waals surface area contributed by atoms with Gasteiger partial charge in [0.15, 0.2) is 17.3 Å². The summed E-state index contributed by atoms with van der Waals surface area (Å²) in [7, 11) is 0. The standard InChI is InChI=1S/C24H21ClN2O4/c1-15(31-18-5-3-17(25)4-6-18)19-8-11-26-23(27-19)13-22(28)24(9-10-24)16-2-7-20-21(12-16)30-14-29-20/h2-8,11-12,15H,9-10,13-14H2,1H3. The number of ketones is 1. The molecule has 0 N–H and O–H groups in total. The van der Waals surface area contributed by atoms with Crippen molar-refractivity contribution >= 4 is 17.4 Å². The molecule has 0 bridgehead atoms. The minimum Gasteiger partial charge on any atom is -0.484 e. The first kappa shape index (κ1) is 19.8. The van der Waals surface area contributed by atoms with Crippen LogP contribution in [0.3, 0.4) is 0 Å². The van der Waals surface area contributed by atoms with Gasteiger partial charge in [-0.15, -0.1) is 0 Å². The molecule has 0 spiro atoms. The van der Waals surface area contributed by atoms with Crippen molar-refractivity contribution in [3.05, 3.63) is 76.8 Å². The molecular formula is C24H21ClN2O4. The molecule has 0 amide bonds. The third kappa shape index (κ3) is 3.95. The zero-order valence-electron chi connectivity index (χ0n) is 17.0. The van der Waals surface area contributed by atoms with Gasteiger partial charge < -0.3 is 14.2 Å². The summed E-state index contributed by atoms with van der Waals surface area (Å²) in [5, 5.41) is 0.652. The maximum atomic E-state index is 13.2. The largest absolute Gasteiger partial charge is 0.484 e. The lowest BCUT2D eigenvalue weighted by molar-refractivity contribution is -0.120. The van der Waals surface area contributed by atoms with E-state index in [1.54, 1.807) is 24.4 Å². The quantitative estimate of drug-likeness (QED) is 0.527. The summed E-state index contributed by atoms with van der Waals surface area (Å²) in [4.78, 5) is 22.1. The van der Waals surface area contributed by atoms with Crippen molar-refractivity contribution in [1.29, 1.82) is 0 Å². The monoisotopic (exact) mass is 436 g/mol. The lowest BCUT2D eigenvalue weighted by Gasteiger charge is -2.16. The maximum absolute atomic E-state index is 13.2. The summed E-state index contributed by atoms with van der Waals surface area (Å²) >= 11 is 5.93. The number of benzene rings is 2. The van der Waals surface area contributed by atoms with Crippen LogP contribution in [-0.4, -0.2) is 22.5 Å². The Morgan fingerprint density at radius 3 is 2.68 bits per heavy atom. The van der Waals surface area contributed by atoms with Crippen LogP contribution >= 0.6 is 11.6 Å². The van der Waals surface area contributed by atoms with Crippen molar-refractivity contribution in [3.8, 4) is 17.2 Å². The second kappa shape index (κ2) is 7.85. The van der Waals surface area contributed by atoms with Crippen molar-refractivity contribution < 1.29 is 19.0 Å². The van der Waals surface area contributed by atoms with Crippen LogP contribution in [0.4, 0.5) is 0 Å². The van der Waals surface area contributed by atoms with E-state index in [2.05, 4.69) is 9.97 Å². The van der Waals surface area contributed by atoms with Crippen LogP contribution < -0.4 is 14.2 Å². The van der Waals surface area contributed by atoms with Gasteiger partial charge in [-0.2, -0.15) is 0 Å². The van der Waals surface area contributed by atoms with Crippen molar-refractivity contribution in [2.24, 2.45) is 0 Å². The van der Waals surface area contributed by atoms with Crippen LogP contribution in [0.15, 0.2) is 54.7 Å². The first-order chi connectivity index (χ1) is 15.0. The van der Waals surface area contributed by atoms with E-state index < -0.39 is 5.41 Å². The normalized spacial score (nSPS) is 16.6. The van der Waals surface area contributed by atoms with E-state index in [1.165, 1.54) is 0 Å². The highest BCUT2D eigenvalue weighted by molar-refractivity contribution is 6.30. The molecule has 1 aliphatic carbocycles. The predicted molar refractivity (Wildman–Crippen MR) is 115 cm³/mol. The summed E-state index contributed by atoms with van der Waals surface area (Å²) in [5.41, 5.74) is 1.21. The van der Waals surface area contributed by atoms with Gasteiger partial charge in [0, 0.05) is 11.2 Å². The van der Waals surface area contributed by atoms with Gasteiger partial charge in [0.1, 0.15) is 17.7 Å². The van der Waals surface area contributed by atoms with E-state index in [4.69, 9.17) is 25.8 Å². The van der Waals surface area contributed by atoms with Crippen LogP contribution in [0.25, 0.3) is 0 Å². The summed E-state index contributed by atoms with van der Waals surface area (Å²) in [6, 6.07) is 14.7. The number of hydrogen-bond acceptors (Lipinski definition) is 6. The van der Waals surface area contributed by atoms with E-state index in [-0.39, 0.29) is 25.1 Å². The van der Waals surface area contributed by atoms with Gasteiger partial charge in [0.2, 0.25) is 6.79 Å². The van der Waals surface area contributed by atoms with Gasteiger partial charge in [-0.1, -0.05) is 17.7 Å². The fourth-order valence-corrected chi connectivity index (χ4v) is 3.99. The molecule has 1 aromatic heterocycles. The molecule has 158 valence electrons. The van der Waals surface area contributed by atoms with Gasteiger partial charge in [-0.3, -0.25) is 4.79 Å². The zero-order chi connectivity index (χ0) is 21.4. The maximum Gasteiger partial charge on any atom is 0.231 e.